The lowest BCUT2D eigenvalue weighted by Crippen LogP contribution is -2.03. The number of aromatic hydroxyl groups is 1. The zero-order valence-electron chi connectivity index (χ0n) is 6.97. The van der Waals surface area contributed by atoms with Crippen molar-refractivity contribution < 1.29 is 5.11 Å². The number of aryl methyl sites for hydroxylation is 1. The molecule has 0 unspecified atom stereocenters. The van der Waals surface area contributed by atoms with Crippen LogP contribution in [0.25, 0.3) is 0 Å². The first kappa shape index (κ1) is 9.36. The quantitative estimate of drug-likeness (QED) is 0.739. The van der Waals surface area contributed by atoms with Crippen LogP contribution in [0.2, 0.25) is 5.02 Å². The SMILES string of the molecule is Cc1cc(Cl)c(O)c(CCN)c1. The van der Waals surface area contributed by atoms with E-state index < -0.39 is 0 Å². The third-order valence-corrected chi connectivity index (χ3v) is 1.99. The second-order valence-corrected chi connectivity index (χ2v) is 3.20. The summed E-state index contributed by atoms with van der Waals surface area (Å²) in [4.78, 5) is 0. The summed E-state index contributed by atoms with van der Waals surface area (Å²) in [6.45, 7) is 2.46. The zero-order chi connectivity index (χ0) is 9.14. The molecule has 0 aliphatic rings. The molecule has 0 aliphatic carbocycles. The molecule has 2 nitrogen and oxygen atoms in total. The van der Waals surface area contributed by atoms with Crippen LogP contribution in [-0.2, 0) is 6.42 Å². The van der Waals surface area contributed by atoms with Gasteiger partial charge in [0.2, 0.25) is 0 Å². The molecule has 0 bridgehead atoms. The van der Waals surface area contributed by atoms with E-state index in [4.69, 9.17) is 17.3 Å². The van der Waals surface area contributed by atoms with Gasteiger partial charge in [0.25, 0.3) is 0 Å². The third kappa shape index (κ3) is 1.90. The Bertz CT molecular complexity index is 286. The fourth-order valence-corrected chi connectivity index (χ4v) is 1.45. The maximum atomic E-state index is 9.47. The number of phenols is 1. The number of halogens is 1. The molecule has 66 valence electrons. The number of phenolic OH excluding ortho intramolecular Hbond substituents is 1. The fraction of sp³-hybridized carbons (Fsp3) is 0.333. The molecule has 0 aromatic heterocycles. The Balaban J connectivity index is 3.09. The first-order chi connectivity index (χ1) is 5.65. The van der Waals surface area contributed by atoms with Crippen LogP contribution in [0, 0.1) is 6.92 Å². The summed E-state index contributed by atoms with van der Waals surface area (Å²) in [5.74, 6) is 0.160. The van der Waals surface area contributed by atoms with E-state index in [1.165, 1.54) is 0 Å². The van der Waals surface area contributed by atoms with Crippen LogP contribution < -0.4 is 5.73 Å². The van der Waals surface area contributed by atoms with Gasteiger partial charge in [-0.25, -0.2) is 0 Å². The molecule has 0 aliphatic heterocycles. The van der Waals surface area contributed by atoms with Crippen LogP contribution in [0.15, 0.2) is 12.1 Å². The molecule has 0 radical (unpaired) electrons. The maximum absolute atomic E-state index is 9.47. The Hall–Kier alpha value is -0.730. The van der Waals surface area contributed by atoms with E-state index in [0.717, 1.165) is 11.1 Å². The predicted molar refractivity (Wildman–Crippen MR) is 50.6 cm³/mol. The summed E-state index contributed by atoms with van der Waals surface area (Å²) in [5.41, 5.74) is 7.24. The molecule has 0 saturated carbocycles. The van der Waals surface area contributed by atoms with Crippen molar-refractivity contribution in [3.8, 4) is 5.75 Å². The Morgan fingerprint density at radius 1 is 1.50 bits per heavy atom. The Labute approximate surface area is 77.0 Å². The number of nitrogens with two attached hydrogens (primary N) is 1. The Morgan fingerprint density at radius 2 is 2.17 bits per heavy atom. The third-order valence-electron chi connectivity index (χ3n) is 1.70. The van der Waals surface area contributed by atoms with Crippen molar-refractivity contribution in [1.29, 1.82) is 0 Å². The van der Waals surface area contributed by atoms with E-state index in [-0.39, 0.29) is 5.75 Å². The van der Waals surface area contributed by atoms with Gasteiger partial charge in [-0.2, -0.15) is 0 Å². The van der Waals surface area contributed by atoms with Crippen LogP contribution in [0.3, 0.4) is 0 Å². The molecule has 3 N–H and O–H groups in total. The number of hydrogen-bond donors (Lipinski definition) is 2. The first-order valence-corrected chi connectivity index (χ1v) is 4.21. The van der Waals surface area contributed by atoms with Gasteiger partial charge in [0.05, 0.1) is 5.02 Å². The molecule has 0 fully saturated rings. The number of rotatable bonds is 2. The van der Waals surface area contributed by atoms with Crippen LogP contribution in [0.4, 0.5) is 0 Å². The molecular formula is C9H12ClNO. The van der Waals surface area contributed by atoms with Gasteiger partial charge >= 0.3 is 0 Å². The van der Waals surface area contributed by atoms with Gasteiger partial charge in [0, 0.05) is 0 Å². The highest BCUT2D eigenvalue weighted by Gasteiger charge is 2.05. The lowest BCUT2D eigenvalue weighted by atomic mass is 10.1. The summed E-state index contributed by atoms with van der Waals surface area (Å²) in [6.07, 6.45) is 0.660. The second-order valence-electron chi connectivity index (χ2n) is 2.79. The van der Waals surface area contributed by atoms with E-state index in [1.807, 2.05) is 13.0 Å². The number of benzene rings is 1. The average molecular weight is 186 g/mol. The highest BCUT2D eigenvalue weighted by Crippen LogP contribution is 2.28. The van der Waals surface area contributed by atoms with Gasteiger partial charge in [0.15, 0.2) is 0 Å². The minimum atomic E-state index is 0.160. The van der Waals surface area contributed by atoms with Crippen molar-refractivity contribution in [2.45, 2.75) is 13.3 Å². The molecular weight excluding hydrogens is 174 g/mol. The van der Waals surface area contributed by atoms with E-state index in [1.54, 1.807) is 6.07 Å². The fourth-order valence-electron chi connectivity index (χ4n) is 1.15. The predicted octanol–water partition coefficient (Wildman–Crippen LogP) is 1.86. The highest BCUT2D eigenvalue weighted by atomic mass is 35.5. The minimum absolute atomic E-state index is 0.160. The van der Waals surface area contributed by atoms with Gasteiger partial charge in [0.1, 0.15) is 5.75 Å². The monoisotopic (exact) mass is 185 g/mol. The lowest BCUT2D eigenvalue weighted by molar-refractivity contribution is 0.468. The van der Waals surface area contributed by atoms with E-state index >= 15 is 0 Å². The normalized spacial score (nSPS) is 10.2. The zero-order valence-corrected chi connectivity index (χ0v) is 7.73. The van der Waals surface area contributed by atoms with Crippen molar-refractivity contribution in [3.05, 3.63) is 28.3 Å². The minimum Gasteiger partial charge on any atom is -0.506 e. The van der Waals surface area contributed by atoms with Crippen LogP contribution >= 0.6 is 11.6 Å². The van der Waals surface area contributed by atoms with E-state index in [2.05, 4.69) is 0 Å². The Morgan fingerprint density at radius 3 is 2.75 bits per heavy atom. The lowest BCUT2D eigenvalue weighted by Gasteiger charge is -2.05. The topological polar surface area (TPSA) is 46.2 Å². The molecule has 0 amide bonds. The maximum Gasteiger partial charge on any atom is 0.137 e. The molecule has 1 rings (SSSR count). The molecule has 0 spiro atoms. The second kappa shape index (κ2) is 3.78. The van der Waals surface area contributed by atoms with Gasteiger partial charge in [-0.3, -0.25) is 0 Å². The van der Waals surface area contributed by atoms with E-state index in [9.17, 15) is 5.11 Å². The standard InChI is InChI=1S/C9H12ClNO/c1-6-4-7(2-3-11)9(12)8(10)5-6/h4-5,12H,2-3,11H2,1H3. The van der Waals surface area contributed by atoms with Gasteiger partial charge in [-0.1, -0.05) is 17.7 Å². The largest absolute Gasteiger partial charge is 0.506 e. The molecule has 12 heavy (non-hydrogen) atoms. The molecule has 0 saturated heterocycles. The summed E-state index contributed by atoms with van der Waals surface area (Å²) in [5, 5.41) is 9.87. The average Bonchev–Trinajstić information content (AvgIpc) is 2.00. The van der Waals surface area contributed by atoms with Crippen molar-refractivity contribution in [2.24, 2.45) is 5.73 Å². The van der Waals surface area contributed by atoms with E-state index in [0.29, 0.717) is 18.0 Å². The smallest absolute Gasteiger partial charge is 0.137 e. The van der Waals surface area contributed by atoms with Crippen molar-refractivity contribution >= 4 is 11.6 Å². The summed E-state index contributed by atoms with van der Waals surface area (Å²) >= 11 is 5.76. The van der Waals surface area contributed by atoms with Gasteiger partial charge in [-0.15, -0.1) is 0 Å². The summed E-state index contributed by atoms with van der Waals surface area (Å²) < 4.78 is 0. The molecule has 1 aromatic rings. The molecule has 3 heteroatoms. The van der Waals surface area contributed by atoms with Crippen LogP contribution in [-0.4, -0.2) is 11.7 Å². The van der Waals surface area contributed by atoms with Crippen molar-refractivity contribution in [3.63, 3.8) is 0 Å². The molecule has 0 atom stereocenters. The van der Waals surface area contributed by atoms with Crippen LogP contribution in [0.1, 0.15) is 11.1 Å². The van der Waals surface area contributed by atoms with Gasteiger partial charge < -0.3 is 10.8 Å². The van der Waals surface area contributed by atoms with Crippen LogP contribution in [0.5, 0.6) is 5.75 Å². The molecule has 0 heterocycles. The van der Waals surface area contributed by atoms with Crippen molar-refractivity contribution in [1.82, 2.24) is 0 Å². The van der Waals surface area contributed by atoms with Gasteiger partial charge in [-0.05, 0) is 37.1 Å². The Kier molecular flexibility index (Phi) is 2.95. The summed E-state index contributed by atoms with van der Waals surface area (Å²) in [7, 11) is 0. The number of hydrogen-bond acceptors (Lipinski definition) is 2. The summed E-state index contributed by atoms with van der Waals surface area (Å²) in [6, 6.07) is 3.63. The van der Waals surface area contributed by atoms with Crippen molar-refractivity contribution in [2.75, 3.05) is 6.54 Å². The first-order valence-electron chi connectivity index (χ1n) is 3.83. The molecule has 1 aromatic carbocycles. The highest BCUT2D eigenvalue weighted by molar-refractivity contribution is 6.32.